The normalized spacial score (nSPS) is 10.4. The molecule has 0 spiro atoms. The van der Waals surface area contributed by atoms with Crippen molar-refractivity contribution in [3.63, 3.8) is 0 Å². The average Bonchev–Trinajstić information content (AvgIpc) is 3.21. The van der Waals surface area contributed by atoms with Crippen molar-refractivity contribution in [2.24, 2.45) is 0 Å². The highest BCUT2D eigenvalue weighted by molar-refractivity contribution is 7.22. The first-order valence-electron chi connectivity index (χ1n) is 9.14. The molecule has 0 saturated heterocycles. The predicted octanol–water partition coefficient (Wildman–Crippen LogP) is 4.92. The number of hydrogen-bond donors (Lipinski definition) is 0. The number of thiazole rings is 1. The van der Waals surface area contributed by atoms with Crippen molar-refractivity contribution < 1.29 is 14.3 Å². The molecule has 0 aliphatic carbocycles. The summed E-state index contributed by atoms with van der Waals surface area (Å²) < 4.78 is 12.0. The number of para-hydroxylation sites is 2. The van der Waals surface area contributed by atoms with Crippen LogP contribution in [0, 0.1) is 11.3 Å². The Morgan fingerprint density at radius 3 is 2.70 bits per heavy atom. The van der Waals surface area contributed by atoms with Gasteiger partial charge in [0.2, 0.25) is 0 Å². The van der Waals surface area contributed by atoms with Gasteiger partial charge in [0.25, 0.3) is 5.91 Å². The van der Waals surface area contributed by atoms with Gasteiger partial charge in [-0.3, -0.25) is 9.69 Å². The molecule has 0 aliphatic heterocycles. The second kappa shape index (κ2) is 8.64. The molecule has 148 valence electrons. The maximum atomic E-state index is 13.2. The largest absolute Gasteiger partial charge is 0.497 e. The summed E-state index contributed by atoms with van der Waals surface area (Å²) in [6, 6.07) is 23.8. The molecule has 1 heterocycles. The second-order valence-electron chi connectivity index (χ2n) is 6.29. The smallest absolute Gasteiger partial charge is 0.271 e. The molecule has 0 fully saturated rings. The van der Waals surface area contributed by atoms with Crippen molar-refractivity contribution in [1.29, 1.82) is 5.26 Å². The fraction of sp³-hybridized carbons (Fsp3) is 0.0870. The van der Waals surface area contributed by atoms with Crippen LogP contribution < -0.4 is 14.4 Å². The molecule has 0 saturated carbocycles. The van der Waals surface area contributed by atoms with Crippen molar-refractivity contribution in [3.05, 3.63) is 78.4 Å². The Morgan fingerprint density at radius 1 is 1.10 bits per heavy atom. The number of hydrogen-bond acceptors (Lipinski definition) is 6. The standard InChI is InChI=1S/C23H17N3O3S/c1-28-18-9-6-8-17(13-18)26(23-25-19-10-3-5-12-21(19)30-23)22(27)15-29-20-11-4-2-7-16(20)14-24/h2-13H,15H2,1H3. The van der Waals surface area contributed by atoms with Crippen LogP contribution in [0.25, 0.3) is 10.2 Å². The van der Waals surface area contributed by atoms with Crippen LogP contribution in [-0.4, -0.2) is 24.6 Å². The summed E-state index contributed by atoms with van der Waals surface area (Å²) in [7, 11) is 1.57. The van der Waals surface area contributed by atoms with Crippen LogP contribution in [-0.2, 0) is 4.79 Å². The third-order valence-electron chi connectivity index (χ3n) is 4.39. The molecule has 0 N–H and O–H groups in total. The summed E-state index contributed by atoms with van der Waals surface area (Å²) in [5.41, 5.74) is 1.81. The fourth-order valence-electron chi connectivity index (χ4n) is 2.96. The molecule has 0 aliphatic rings. The van der Waals surface area contributed by atoms with Crippen LogP contribution in [0.5, 0.6) is 11.5 Å². The van der Waals surface area contributed by atoms with E-state index in [4.69, 9.17) is 9.47 Å². The van der Waals surface area contributed by atoms with Gasteiger partial charge in [0.1, 0.15) is 17.6 Å². The van der Waals surface area contributed by atoms with Gasteiger partial charge in [-0.2, -0.15) is 5.26 Å². The Bertz CT molecular complexity index is 1210. The summed E-state index contributed by atoms with van der Waals surface area (Å²) >= 11 is 1.42. The Kier molecular flexibility index (Phi) is 5.59. The van der Waals surface area contributed by atoms with E-state index in [1.807, 2.05) is 42.5 Å². The molecule has 0 atom stereocenters. The molecule has 7 heteroatoms. The number of carbonyl (C=O) groups is 1. The lowest BCUT2D eigenvalue weighted by molar-refractivity contribution is -0.119. The highest BCUT2D eigenvalue weighted by Crippen LogP contribution is 2.35. The van der Waals surface area contributed by atoms with Crippen LogP contribution in [0.2, 0.25) is 0 Å². The number of aromatic nitrogens is 1. The number of nitriles is 1. The SMILES string of the molecule is COc1cccc(N(C(=O)COc2ccccc2C#N)c2nc3ccccc3s2)c1. The molecule has 0 unspecified atom stereocenters. The number of benzene rings is 3. The number of methoxy groups -OCH3 is 1. The van der Waals surface area contributed by atoms with Gasteiger partial charge in [0.15, 0.2) is 11.7 Å². The zero-order chi connectivity index (χ0) is 20.9. The Morgan fingerprint density at radius 2 is 1.90 bits per heavy atom. The summed E-state index contributed by atoms with van der Waals surface area (Å²) in [4.78, 5) is 19.4. The van der Waals surface area contributed by atoms with Gasteiger partial charge >= 0.3 is 0 Å². The number of anilines is 2. The molecule has 30 heavy (non-hydrogen) atoms. The lowest BCUT2D eigenvalue weighted by Gasteiger charge is -2.21. The zero-order valence-electron chi connectivity index (χ0n) is 16.1. The Hall–Kier alpha value is -3.89. The molecule has 0 radical (unpaired) electrons. The lowest BCUT2D eigenvalue weighted by atomic mass is 10.2. The van der Waals surface area contributed by atoms with Gasteiger partial charge in [-0.25, -0.2) is 4.98 Å². The Labute approximate surface area is 177 Å². The summed E-state index contributed by atoms with van der Waals surface area (Å²) in [5, 5.41) is 9.77. The van der Waals surface area contributed by atoms with E-state index >= 15 is 0 Å². The summed E-state index contributed by atoms with van der Waals surface area (Å²) in [5.74, 6) is 0.681. The second-order valence-corrected chi connectivity index (χ2v) is 7.30. The van der Waals surface area contributed by atoms with E-state index in [2.05, 4.69) is 11.1 Å². The van der Waals surface area contributed by atoms with Crippen LogP contribution in [0.4, 0.5) is 10.8 Å². The van der Waals surface area contributed by atoms with Crippen LogP contribution >= 0.6 is 11.3 Å². The zero-order valence-corrected chi connectivity index (χ0v) is 16.9. The van der Waals surface area contributed by atoms with Gasteiger partial charge in [-0.05, 0) is 36.4 Å². The van der Waals surface area contributed by atoms with E-state index < -0.39 is 0 Å². The number of ether oxygens (including phenoxy) is 2. The summed E-state index contributed by atoms with van der Waals surface area (Å²) in [6.07, 6.45) is 0. The first-order chi connectivity index (χ1) is 14.7. The maximum Gasteiger partial charge on any atom is 0.271 e. The van der Waals surface area contributed by atoms with Crippen molar-refractivity contribution >= 4 is 38.3 Å². The van der Waals surface area contributed by atoms with Gasteiger partial charge in [-0.1, -0.05) is 41.7 Å². The van der Waals surface area contributed by atoms with E-state index in [1.54, 1.807) is 37.4 Å². The van der Waals surface area contributed by atoms with Crippen molar-refractivity contribution in [2.75, 3.05) is 18.6 Å². The van der Waals surface area contributed by atoms with Gasteiger partial charge < -0.3 is 9.47 Å². The number of amides is 1. The van der Waals surface area contributed by atoms with Crippen LogP contribution in [0.15, 0.2) is 72.8 Å². The number of carbonyl (C=O) groups excluding carboxylic acids is 1. The van der Waals surface area contributed by atoms with Crippen molar-refractivity contribution in [2.45, 2.75) is 0 Å². The minimum Gasteiger partial charge on any atom is -0.497 e. The molecule has 0 bridgehead atoms. The number of rotatable bonds is 6. The molecule has 1 amide bonds. The topological polar surface area (TPSA) is 75.4 Å². The quantitative estimate of drug-likeness (QED) is 0.447. The maximum absolute atomic E-state index is 13.2. The van der Waals surface area contributed by atoms with Crippen LogP contribution in [0.1, 0.15) is 5.56 Å². The third kappa shape index (κ3) is 3.95. The Balaban J connectivity index is 1.69. The van der Waals surface area contributed by atoms with Crippen molar-refractivity contribution in [1.82, 2.24) is 4.98 Å². The van der Waals surface area contributed by atoms with E-state index in [9.17, 15) is 10.1 Å². The minimum atomic E-state index is -0.310. The fourth-order valence-corrected chi connectivity index (χ4v) is 3.96. The summed E-state index contributed by atoms with van der Waals surface area (Å²) in [6.45, 7) is -0.244. The van der Waals surface area contributed by atoms with E-state index in [-0.39, 0.29) is 12.5 Å². The first-order valence-corrected chi connectivity index (χ1v) is 9.96. The lowest BCUT2D eigenvalue weighted by Crippen LogP contribution is -2.31. The van der Waals surface area contributed by atoms with E-state index in [0.717, 1.165) is 10.2 Å². The molecular weight excluding hydrogens is 398 g/mol. The van der Waals surface area contributed by atoms with E-state index in [1.165, 1.54) is 16.2 Å². The number of nitrogens with zero attached hydrogens (tertiary/aromatic N) is 3. The molecule has 4 aromatic rings. The molecule has 4 rings (SSSR count). The third-order valence-corrected chi connectivity index (χ3v) is 5.42. The average molecular weight is 415 g/mol. The van der Waals surface area contributed by atoms with Gasteiger partial charge in [-0.15, -0.1) is 0 Å². The number of fused-ring (bicyclic) bond motifs is 1. The van der Waals surface area contributed by atoms with Crippen molar-refractivity contribution in [3.8, 4) is 17.6 Å². The molecule has 3 aromatic carbocycles. The molecule has 6 nitrogen and oxygen atoms in total. The highest BCUT2D eigenvalue weighted by atomic mass is 32.1. The van der Waals surface area contributed by atoms with Gasteiger partial charge in [0.05, 0.1) is 28.6 Å². The molecule has 1 aromatic heterocycles. The predicted molar refractivity (Wildman–Crippen MR) is 116 cm³/mol. The highest BCUT2D eigenvalue weighted by Gasteiger charge is 2.23. The van der Waals surface area contributed by atoms with E-state index in [0.29, 0.717) is 27.9 Å². The molecular formula is C23H17N3O3S. The van der Waals surface area contributed by atoms with Gasteiger partial charge in [0, 0.05) is 6.07 Å². The minimum absolute atomic E-state index is 0.244. The monoisotopic (exact) mass is 415 g/mol. The van der Waals surface area contributed by atoms with Crippen LogP contribution in [0.3, 0.4) is 0 Å². The first kappa shape index (κ1) is 19.4.